The van der Waals surface area contributed by atoms with Crippen LogP contribution >= 0.6 is 0 Å². The normalized spacial score (nSPS) is 49.9. The van der Waals surface area contributed by atoms with Gasteiger partial charge in [-0.15, -0.1) is 0 Å². The van der Waals surface area contributed by atoms with Crippen LogP contribution in [0.3, 0.4) is 0 Å². The lowest BCUT2D eigenvalue weighted by Gasteiger charge is -2.56. The summed E-state index contributed by atoms with van der Waals surface area (Å²) in [5, 5.41) is 11.5. The van der Waals surface area contributed by atoms with Crippen molar-refractivity contribution >= 4 is 17.5 Å². The van der Waals surface area contributed by atoms with Crippen LogP contribution in [-0.4, -0.2) is 46.6 Å². The maximum Gasteiger partial charge on any atom is 0.303 e. The SMILES string of the molecule is CC(=O)OCC(=O)[C@]1(O)CC[C@@H]2[C@H]3CCC4=CC(=O)CC[C@]4(C)[C@@]34O[C@H]4C[C@]21C. The molecule has 6 nitrogen and oxygen atoms in total. The van der Waals surface area contributed by atoms with Gasteiger partial charge in [-0.25, -0.2) is 0 Å². The molecule has 1 heterocycles. The van der Waals surface area contributed by atoms with E-state index in [1.807, 2.05) is 13.0 Å². The van der Waals surface area contributed by atoms with Crippen LogP contribution in [0.5, 0.6) is 0 Å². The van der Waals surface area contributed by atoms with E-state index in [4.69, 9.17) is 9.47 Å². The molecule has 1 spiro atoms. The molecule has 0 radical (unpaired) electrons. The van der Waals surface area contributed by atoms with Gasteiger partial charge < -0.3 is 14.6 Å². The van der Waals surface area contributed by atoms with Crippen molar-refractivity contribution in [3.63, 3.8) is 0 Å². The summed E-state index contributed by atoms with van der Waals surface area (Å²) in [5.41, 5.74) is -1.22. The van der Waals surface area contributed by atoms with Gasteiger partial charge in [0.2, 0.25) is 5.78 Å². The van der Waals surface area contributed by atoms with E-state index in [-0.39, 0.29) is 41.3 Å². The zero-order chi connectivity index (χ0) is 20.8. The van der Waals surface area contributed by atoms with Crippen LogP contribution in [0.4, 0.5) is 0 Å². The van der Waals surface area contributed by atoms with E-state index < -0.39 is 22.8 Å². The highest BCUT2D eigenvalue weighted by molar-refractivity contribution is 5.92. The van der Waals surface area contributed by atoms with Crippen molar-refractivity contribution in [3.05, 3.63) is 11.6 Å². The number of rotatable bonds is 3. The first-order valence-electron chi connectivity index (χ1n) is 10.9. The molecule has 5 rings (SSSR count). The van der Waals surface area contributed by atoms with Gasteiger partial charge in [0, 0.05) is 24.2 Å². The summed E-state index contributed by atoms with van der Waals surface area (Å²) in [6.07, 6.45) is 6.88. The first-order valence-corrected chi connectivity index (χ1v) is 10.9. The largest absolute Gasteiger partial charge is 0.458 e. The summed E-state index contributed by atoms with van der Waals surface area (Å²) >= 11 is 0. The van der Waals surface area contributed by atoms with Crippen LogP contribution < -0.4 is 0 Å². The second kappa shape index (κ2) is 5.79. The Morgan fingerprint density at radius 1 is 1.21 bits per heavy atom. The smallest absolute Gasteiger partial charge is 0.303 e. The van der Waals surface area contributed by atoms with Crippen molar-refractivity contribution in [3.8, 4) is 0 Å². The van der Waals surface area contributed by atoms with E-state index in [2.05, 4.69) is 6.92 Å². The summed E-state index contributed by atoms with van der Waals surface area (Å²) < 4.78 is 11.4. The minimum absolute atomic E-state index is 0.00167. The number of Topliss-reactive ketones (excluding diaryl/α,β-unsaturated/α-hetero) is 1. The fourth-order valence-electron chi connectivity index (χ4n) is 7.77. The maximum absolute atomic E-state index is 12.9. The highest BCUT2D eigenvalue weighted by Crippen LogP contribution is 2.76. The van der Waals surface area contributed by atoms with Crippen LogP contribution in [0.25, 0.3) is 0 Å². The highest BCUT2D eigenvalue weighted by atomic mass is 16.6. The molecule has 0 unspecified atom stereocenters. The van der Waals surface area contributed by atoms with E-state index in [0.29, 0.717) is 19.3 Å². The molecule has 1 N–H and O–H groups in total. The van der Waals surface area contributed by atoms with Gasteiger partial charge in [0.25, 0.3) is 0 Å². The molecule has 0 aromatic carbocycles. The van der Waals surface area contributed by atoms with Crippen LogP contribution in [-0.2, 0) is 23.9 Å². The molecule has 1 saturated heterocycles. The average molecular weight is 402 g/mol. The molecule has 0 bridgehead atoms. The fraction of sp³-hybridized carbons (Fsp3) is 0.783. The van der Waals surface area contributed by atoms with E-state index in [9.17, 15) is 19.5 Å². The number of epoxide rings is 1. The lowest BCUT2D eigenvalue weighted by molar-refractivity contribution is -0.166. The van der Waals surface area contributed by atoms with Crippen molar-refractivity contribution in [2.75, 3.05) is 6.61 Å². The molecular formula is C23H30O6. The molecule has 29 heavy (non-hydrogen) atoms. The predicted molar refractivity (Wildman–Crippen MR) is 103 cm³/mol. The minimum atomic E-state index is -1.48. The Hall–Kier alpha value is -1.53. The number of ether oxygens (including phenoxy) is 2. The van der Waals surface area contributed by atoms with Gasteiger partial charge in [-0.1, -0.05) is 19.4 Å². The Labute approximate surface area is 171 Å². The molecule has 7 atom stereocenters. The van der Waals surface area contributed by atoms with E-state index in [1.54, 1.807) is 0 Å². The van der Waals surface area contributed by atoms with Gasteiger partial charge >= 0.3 is 5.97 Å². The van der Waals surface area contributed by atoms with Crippen molar-refractivity contribution in [2.45, 2.75) is 83.0 Å². The Bertz CT molecular complexity index is 846. The van der Waals surface area contributed by atoms with Crippen LogP contribution in [0.2, 0.25) is 0 Å². The summed E-state index contributed by atoms with van der Waals surface area (Å²) in [6, 6.07) is 0. The average Bonchev–Trinajstić information content (AvgIpc) is 3.32. The maximum atomic E-state index is 12.9. The number of esters is 1. The number of hydrogen-bond donors (Lipinski definition) is 1. The van der Waals surface area contributed by atoms with Crippen molar-refractivity contribution in [2.24, 2.45) is 22.7 Å². The fourth-order valence-corrected chi connectivity index (χ4v) is 7.77. The molecule has 0 amide bonds. The number of carbonyl (C=O) groups excluding carboxylic acids is 3. The monoisotopic (exact) mass is 402 g/mol. The lowest BCUT2D eigenvalue weighted by Crippen LogP contribution is -2.62. The standard InChI is InChI=1S/C23H30O6/c1-13(24)28-12-18(26)22(27)9-7-16-17-5-4-14-10-15(25)6-8-20(14,2)23(17)19(29-23)11-21(16,22)3/h10,16-17,19,27H,4-9,11-12H2,1-3H3/t16-,17-,19+,20+,21-,22-,23-/m1/s1. The van der Waals surface area contributed by atoms with Gasteiger partial charge in [-0.2, -0.15) is 0 Å². The first-order chi connectivity index (χ1) is 13.6. The third-order valence-electron chi connectivity index (χ3n) is 9.35. The molecule has 4 fully saturated rings. The molecule has 4 aliphatic carbocycles. The Morgan fingerprint density at radius 2 is 1.97 bits per heavy atom. The van der Waals surface area contributed by atoms with Crippen LogP contribution in [0, 0.1) is 22.7 Å². The van der Waals surface area contributed by atoms with Crippen molar-refractivity contribution < 1.29 is 29.0 Å². The van der Waals surface area contributed by atoms with Gasteiger partial charge in [0.05, 0.1) is 6.10 Å². The van der Waals surface area contributed by atoms with Gasteiger partial charge in [-0.3, -0.25) is 14.4 Å². The zero-order valence-electron chi connectivity index (χ0n) is 17.5. The summed E-state index contributed by atoms with van der Waals surface area (Å²) in [6.45, 7) is 5.18. The number of fused-ring (bicyclic) bond motifs is 3. The van der Waals surface area contributed by atoms with Crippen LogP contribution in [0.15, 0.2) is 11.6 Å². The molecule has 3 saturated carbocycles. The summed E-state index contributed by atoms with van der Waals surface area (Å²) in [7, 11) is 0. The third kappa shape index (κ3) is 2.22. The highest BCUT2D eigenvalue weighted by Gasteiger charge is 2.81. The molecule has 1 aliphatic heterocycles. The molecule has 5 aliphatic rings. The molecule has 6 heteroatoms. The number of carbonyl (C=O) groups is 3. The lowest BCUT2D eigenvalue weighted by atomic mass is 9.46. The number of hydrogen-bond acceptors (Lipinski definition) is 6. The van der Waals surface area contributed by atoms with Crippen molar-refractivity contribution in [1.29, 1.82) is 0 Å². The van der Waals surface area contributed by atoms with Gasteiger partial charge in [0.1, 0.15) is 11.2 Å². The summed E-state index contributed by atoms with van der Waals surface area (Å²) in [4.78, 5) is 36.1. The minimum Gasteiger partial charge on any atom is -0.458 e. The van der Waals surface area contributed by atoms with Crippen molar-refractivity contribution in [1.82, 2.24) is 0 Å². The van der Waals surface area contributed by atoms with Gasteiger partial charge in [0.15, 0.2) is 12.4 Å². The topological polar surface area (TPSA) is 93.2 Å². The summed E-state index contributed by atoms with van der Waals surface area (Å²) in [5.74, 6) is -0.227. The van der Waals surface area contributed by atoms with E-state index in [0.717, 1.165) is 25.7 Å². The Morgan fingerprint density at radius 3 is 2.69 bits per heavy atom. The molecule has 0 aromatic heterocycles. The predicted octanol–water partition coefficient (Wildman–Crippen LogP) is 2.51. The first kappa shape index (κ1) is 19.4. The number of aliphatic hydroxyl groups is 1. The van der Waals surface area contributed by atoms with Crippen LogP contribution in [0.1, 0.15) is 65.7 Å². The van der Waals surface area contributed by atoms with E-state index in [1.165, 1.54) is 12.5 Å². The Kier molecular flexibility index (Phi) is 3.88. The Balaban J connectivity index is 1.48. The van der Waals surface area contributed by atoms with E-state index >= 15 is 0 Å². The molecule has 0 aromatic rings. The second-order valence-corrected chi connectivity index (χ2v) is 10.3. The molecule has 158 valence electrons. The van der Waals surface area contributed by atoms with Gasteiger partial charge in [-0.05, 0) is 56.4 Å². The number of ketones is 2. The quantitative estimate of drug-likeness (QED) is 0.576. The molecular weight excluding hydrogens is 372 g/mol. The third-order valence-corrected chi connectivity index (χ3v) is 9.35. The second-order valence-electron chi connectivity index (χ2n) is 10.3. The zero-order valence-corrected chi connectivity index (χ0v) is 17.5.